The van der Waals surface area contributed by atoms with Crippen LogP contribution in [0.5, 0.6) is 0 Å². The van der Waals surface area contributed by atoms with Gasteiger partial charge in [-0.05, 0) is 0 Å². The molecule has 2 nitrogen and oxygen atoms in total. The van der Waals surface area contributed by atoms with Crippen LogP contribution in [-0.4, -0.2) is 43.0 Å². The van der Waals surface area contributed by atoms with Gasteiger partial charge in [-0.25, -0.2) is 8.78 Å². The first-order chi connectivity index (χ1) is 5.67. The van der Waals surface area contributed by atoms with Crippen molar-refractivity contribution in [1.82, 2.24) is 10.2 Å². The van der Waals surface area contributed by atoms with E-state index in [2.05, 4.69) is 10.2 Å². The van der Waals surface area contributed by atoms with Crippen LogP contribution in [0.4, 0.5) is 8.78 Å². The standard InChI is InChI=1S/C8H14F2N2.2ClH/c9-8(10)5-7(6-8)12-3-1-11-2-4-12;;/h7,11H,1-6H2;2*1H. The van der Waals surface area contributed by atoms with E-state index in [9.17, 15) is 8.78 Å². The molecule has 1 saturated heterocycles. The van der Waals surface area contributed by atoms with Gasteiger partial charge in [0.2, 0.25) is 0 Å². The van der Waals surface area contributed by atoms with Crippen molar-refractivity contribution >= 4 is 24.8 Å². The summed E-state index contributed by atoms with van der Waals surface area (Å²) in [4.78, 5) is 2.17. The molecule has 0 spiro atoms. The number of nitrogens with zero attached hydrogens (tertiary/aromatic N) is 1. The van der Waals surface area contributed by atoms with E-state index in [0.717, 1.165) is 26.2 Å². The third-order valence-corrected chi connectivity index (χ3v) is 2.74. The monoisotopic (exact) mass is 248 g/mol. The molecule has 0 bridgehead atoms. The summed E-state index contributed by atoms with van der Waals surface area (Å²) < 4.78 is 25.0. The Balaban J connectivity index is 0.000000845. The summed E-state index contributed by atoms with van der Waals surface area (Å²) in [6.45, 7) is 3.76. The molecule has 0 aromatic rings. The van der Waals surface area contributed by atoms with E-state index in [1.54, 1.807) is 0 Å². The Morgan fingerprint density at radius 1 is 1.07 bits per heavy atom. The Bertz CT molecular complexity index is 167. The van der Waals surface area contributed by atoms with Gasteiger partial charge in [0.1, 0.15) is 0 Å². The van der Waals surface area contributed by atoms with Gasteiger partial charge in [-0.2, -0.15) is 0 Å². The number of piperazine rings is 1. The van der Waals surface area contributed by atoms with Gasteiger partial charge in [0.05, 0.1) is 0 Å². The first-order valence-electron chi connectivity index (χ1n) is 4.50. The minimum atomic E-state index is -2.37. The van der Waals surface area contributed by atoms with Crippen molar-refractivity contribution in [3.05, 3.63) is 0 Å². The topological polar surface area (TPSA) is 15.3 Å². The number of nitrogens with one attached hydrogen (secondary N) is 1. The lowest BCUT2D eigenvalue weighted by Gasteiger charge is -2.44. The molecule has 1 saturated carbocycles. The molecular weight excluding hydrogens is 233 g/mol. The second-order valence-electron chi connectivity index (χ2n) is 3.70. The lowest BCUT2D eigenvalue weighted by Crippen LogP contribution is -2.56. The third-order valence-electron chi connectivity index (χ3n) is 2.74. The maximum atomic E-state index is 12.5. The van der Waals surface area contributed by atoms with Gasteiger partial charge in [0.25, 0.3) is 5.92 Å². The molecule has 0 radical (unpaired) electrons. The van der Waals surface area contributed by atoms with Gasteiger partial charge in [0.15, 0.2) is 0 Å². The first kappa shape index (κ1) is 14.4. The van der Waals surface area contributed by atoms with Crippen molar-refractivity contribution in [2.45, 2.75) is 24.8 Å². The maximum absolute atomic E-state index is 12.5. The lowest BCUT2D eigenvalue weighted by atomic mass is 9.86. The summed E-state index contributed by atoms with van der Waals surface area (Å²) in [6.07, 6.45) is 0.153. The predicted octanol–water partition coefficient (Wildman–Crippen LogP) is 1.53. The zero-order valence-corrected chi connectivity index (χ0v) is 9.47. The number of hydrogen-bond donors (Lipinski definition) is 1. The average Bonchev–Trinajstić information content (AvgIpc) is 2.02. The van der Waals surface area contributed by atoms with E-state index < -0.39 is 5.92 Å². The van der Waals surface area contributed by atoms with Crippen molar-refractivity contribution in [3.63, 3.8) is 0 Å². The van der Waals surface area contributed by atoms with E-state index in [0.29, 0.717) is 0 Å². The molecule has 14 heavy (non-hydrogen) atoms. The zero-order valence-electron chi connectivity index (χ0n) is 7.84. The molecular formula is C8H16Cl2F2N2. The van der Waals surface area contributed by atoms with Gasteiger partial charge in [-0.3, -0.25) is 4.90 Å². The quantitative estimate of drug-likeness (QED) is 0.758. The molecule has 0 amide bonds. The number of hydrogen-bond acceptors (Lipinski definition) is 2. The third kappa shape index (κ3) is 3.19. The van der Waals surface area contributed by atoms with Crippen LogP contribution in [-0.2, 0) is 0 Å². The molecule has 86 valence electrons. The van der Waals surface area contributed by atoms with Crippen LogP contribution in [0.25, 0.3) is 0 Å². The highest BCUT2D eigenvalue weighted by Gasteiger charge is 2.47. The Morgan fingerprint density at radius 2 is 1.57 bits per heavy atom. The molecule has 1 aliphatic heterocycles. The Labute approximate surface area is 95.2 Å². The van der Waals surface area contributed by atoms with E-state index in [1.165, 1.54) is 0 Å². The predicted molar refractivity (Wildman–Crippen MR) is 56.9 cm³/mol. The smallest absolute Gasteiger partial charge is 0.251 e. The number of rotatable bonds is 1. The minimum absolute atomic E-state index is 0. The number of alkyl halides is 2. The second kappa shape index (κ2) is 5.45. The zero-order chi connectivity index (χ0) is 8.60. The van der Waals surface area contributed by atoms with Crippen molar-refractivity contribution in [2.75, 3.05) is 26.2 Å². The molecule has 6 heteroatoms. The second-order valence-corrected chi connectivity index (χ2v) is 3.70. The first-order valence-corrected chi connectivity index (χ1v) is 4.50. The van der Waals surface area contributed by atoms with Crippen LogP contribution >= 0.6 is 24.8 Å². The van der Waals surface area contributed by atoms with E-state index >= 15 is 0 Å². The molecule has 1 aliphatic carbocycles. The van der Waals surface area contributed by atoms with E-state index in [4.69, 9.17) is 0 Å². The molecule has 0 unspecified atom stereocenters. The molecule has 0 aromatic heterocycles. The summed E-state index contributed by atoms with van der Waals surface area (Å²) in [5.74, 6) is -2.37. The Morgan fingerprint density at radius 3 is 2.00 bits per heavy atom. The van der Waals surface area contributed by atoms with Gasteiger partial charge in [0, 0.05) is 45.1 Å². The Hall–Kier alpha value is 0.360. The highest BCUT2D eigenvalue weighted by atomic mass is 35.5. The molecule has 2 fully saturated rings. The van der Waals surface area contributed by atoms with Crippen molar-refractivity contribution in [3.8, 4) is 0 Å². The summed E-state index contributed by atoms with van der Waals surface area (Å²) in [7, 11) is 0. The normalized spacial score (nSPS) is 27.0. The average molecular weight is 249 g/mol. The van der Waals surface area contributed by atoms with E-state index in [-0.39, 0.29) is 43.7 Å². The van der Waals surface area contributed by atoms with Crippen LogP contribution < -0.4 is 5.32 Å². The van der Waals surface area contributed by atoms with Crippen LogP contribution in [0, 0.1) is 0 Å². The van der Waals surface area contributed by atoms with Gasteiger partial charge >= 0.3 is 0 Å². The van der Waals surface area contributed by atoms with Crippen molar-refractivity contribution < 1.29 is 8.78 Å². The highest BCUT2D eigenvalue weighted by Crippen LogP contribution is 2.40. The SMILES string of the molecule is Cl.Cl.FC1(F)CC(N2CCNCC2)C1. The van der Waals surface area contributed by atoms with Crippen LogP contribution in [0.15, 0.2) is 0 Å². The molecule has 0 atom stereocenters. The summed E-state index contributed by atoms with van der Waals surface area (Å²) in [5, 5.41) is 3.21. The summed E-state index contributed by atoms with van der Waals surface area (Å²) in [6, 6.07) is 0.155. The highest BCUT2D eigenvalue weighted by molar-refractivity contribution is 5.85. The van der Waals surface area contributed by atoms with Crippen LogP contribution in [0.3, 0.4) is 0 Å². The fourth-order valence-corrected chi connectivity index (χ4v) is 1.94. The largest absolute Gasteiger partial charge is 0.314 e. The summed E-state index contributed by atoms with van der Waals surface area (Å²) >= 11 is 0. The molecule has 1 N–H and O–H groups in total. The maximum Gasteiger partial charge on any atom is 0.251 e. The molecule has 2 aliphatic rings. The van der Waals surface area contributed by atoms with Crippen LogP contribution in [0.2, 0.25) is 0 Å². The fourth-order valence-electron chi connectivity index (χ4n) is 1.94. The van der Waals surface area contributed by atoms with Crippen molar-refractivity contribution in [2.24, 2.45) is 0 Å². The van der Waals surface area contributed by atoms with Crippen molar-refractivity contribution in [1.29, 1.82) is 0 Å². The fraction of sp³-hybridized carbons (Fsp3) is 1.00. The van der Waals surface area contributed by atoms with E-state index in [1.807, 2.05) is 0 Å². The minimum Gasteiger partial charge on any atom is -0.314 e. The number of halogens is 4. The molecule has 2 rings (SSSR count). The van der Waals surface area contributed by atoms with Gasteiger partial charge in [-0.15, -0.1) is 24.8 Å². The molecule has 1 heterocycles. The van der Waals surface area contributed by atoms with Crippen LogP contribution in [0.1, 0.15) is 12.8 Å². The Kier molecular flexibility index (Phi) is 5.59. The van der Waals surface area contributed by atoms with Gasteiger partial charge < -0.3 is 5.32 Å². The molecule has 0 aromatic carbocycles. The summed E-state index contributed by atoms with van der Waals surface area (Å²) in [5.41, 5.74) is 0. The lowest BCUT2D eigenvalue weighted by molar-refractivity contribution is -0.125. The van der Waals surface area contributed by atoms with Gasteiger partial charge in [-0.1, -0.05) is 0 Å².